The molecule has 4 aromatic rings. The van der Waals surface area contributed by atoms with Crippen LogP contribution in [-0.2, 0) is 4.79 Å². The van der Waals surface area contributed by atoms with Gasteiger partial charge in [0.05, 0.1) is 11.9 Å². The summed E-state index contributed by atoms with van der Waals surface area (Å²) < 4.78 is 67.4. The molecular weight excluding hydrogens is 447 g/mol. The molecule has 4 N–H and O–H groups in total. The predicted molar refractivity (Wildman–Crippen MR) is 112 cm³/mol. The van der Waals surface area contributed by atoms with Crippen LogP contribution in [0.3, 0.4) is 0 Å². The monoisotopic (exact) mass is 464 g/mol. The molecule has 1 atom stereocenters. The quantitative estimate of drug-likeness (QED) is 0.423. The number of carbonyl (C=O) groups is 1. The highest BCUT2D eigenvalue weighted by Crippen LogP contribution is 2.34. The summed E-state index contributed by atoms with van der Waals surface area (Å²) in [6.07, 6.45) is -0.774. The van der Waals surface area contributed by atoms with Crippen molar-refractivity contribution in [1.82, 2.24) is 14.4 Å². The number of aliphatic hydroxyl groups excluding tert-OH is 1. The Labute approximate surface area is 188 Å². The van der Waals surface area contributed by atoms with Crippen LogP contribution in [0.2, 0.25) is 5.15 Å². The molecule has 32 heavy (non-hydrogen) atoms. The molecular formula is C21H15ClF3N5O2. The van der Waals surface area contributed by atoms with Gasteiger partial charge in [-0.15, -0.1) is 0 Å². The number of carbonyl (C=O) groups excluding carboxylic acids is 1. The molecule has 2 aromatic heterocycles. The summed E-state index contributed by atoms with van der Waals surface area (Å²) in [5.41, 5.74) is 4.17. The van der Waals surface area contributed by atoms with Crippen LogP contribution in [0.4, 0.5) is 24.7 Å². The van der Waals surface area contributed by atoms with E-state index in [9.17, 15) is 18.7 Å². The van der Waals surface area contributed by atoms with Crippen molar-refractivity contribution in [2.45, 2.75) is 13.0 Å². The fraction of sp³-hybridized carbons (Fsp3) is 0.0952. The number of aliphatic hydroxyl groups is 1. The van der Waals surface area contributed by atoms with Crippen molar-refractivity contribution in [2.24, 2.45) is 0 Å². The summed E-state index contributed by atoms with van der Waals surface area (Å²) >= 11 is 6.08. The number of amides is 1. The van der Waals surface area contributed by atoms with Gasteiger partial charge in [0, 0.05) is 9.68 Å². The van der Waals surface area contributed by atoms with E-state index in [-0.39, 0.29) is 27.7 Å². The molecule has 0 radical (unpaired) electrons. The Morgan fingerprint density at radius 1 is 1.28 bits per heavy atom. The molecule has 0 saturated heterocycles. The van der Waals surface area contributed by atoms with E-state index < -0.39 is 53.4 Å². The van der Waals surface area contributed by atoms with Gasteiger partial charge in [0.15, 0.2) is 17.7 Å². The molecule has 0 saturated carbocycles. The third kappa shape index (κ3) is 3.63. The summed E-state index contributed by atoms with van der Waals surface area (Å²) in [5.74, 6) is -5.63. The molecule has 4 rings (SSSR count). The summed E-state index contributed by atoms with van der Waals surface area (Å²) in [7, 11) is 0. The Morgan fingerprint density at radius 2 is 2.06 bits per heavy atom. The third-order valence-electron chi connectivity index (χ3n) is 4.65. The number of nitrogen functional groups attached to an aromatic ring is 1. The molecule has 0 unspecified atom stereocenters. The number of nitrogens with two attached hydrogens (primary N) is 1. The van der Waals surface area contributed by atoms with Crippen molar-refractivity contribution in [2.75, 3.05) is 11.1 Å². The summed E-state index contributed by atoms with van der Waals surface area (Å²) in [6.45, 7) is -2.78. The standard InChI is InChI=1S/C21H15ClF3N5O2/c1-9-28-17(18-20(26)27-8-14(22)30(9)18)12-5-6-13(16(25)15(12)24)29-21(32)19(31)10-3-2-4-11(23)7-10/h2-8,19,31H,1H3,(H2,26,27)(H,29,32)/t19-/m0/s1/i1D3. The molecule has 2 heterocycles. The van der Waals surface area contributed by atoms with Gasteiger partial charge in [0.1, 0.15) is 33.8 Å². The zero-order valence-electron chi connectivity index (χ0n) is 18.9. The number of halogens is 4. The Bertz CT molecular complexity index is 1480. The number of benzene rings is 2. The summed E-state index contributed by atoms with van der Waals surface area (Å²) in [6, 6.07) is 6.59. The molecule has 0 aliphatic rings. The molecule has 164 valence electrons. The van der Waals surface area contributed by atoms with E-state index in [0.717, 1.165) is 34.9 Å². The van der Waals surface area contributed by atoms with E-state index in [1.165, 1.54) is 12.1 Å². The van der Waals surface area contributed by atoms with E-state index in [1.807, 2.05) is 5.32 Å². The molecule has 0 fully saturated rings. The van der Waals surface area contributed by atoms with Crippen LogP contribution in [0.25, 0.3) is 16.8 Å². The summed E-state index contributed by atoms with van der Waals surface area (Å²) in [4.78, 5) is 20.1. The number of nitrogens with zero attached hydrogens (tertiary/aromatic N) is 3. The minimum absolute atomic E-state index is 0.0958. The number of anilines is 2. The largest absolute Gasteiger partial charge is 0.382 e. The molecule has 7 nitrogen and oxygen atoms in total. The van der Waals surface area contributed by atoms with E-state index in [4.69, 9.17) is 21.4 Å². The van der Waals surface area contributed by atoms with Gasteiger partial charge >= 0.3 is 0 Å². The number of hydrogen-bond donors (Lipinski definition) is 3. The lowest BCUT2D eigenvalue weighted by Gasteiger charge is -2.13. The Hall–Kier alpha value is -3.63. The highest BCUT2D eigenvalue weighted by molar-refractivity contribution is 6.29. The highest BCUT2D eigenvalue weighted by Gasteiger charge is 2.24. The van der Waals surface area contributed by atoms with Gasteiger partial charge in [-0.1, -0.05) is 23.7 Å². The van der Waals surface area contributed by atoms with E-state index in [0.29, 0.717) is 0 Å². The zero-order chi connectivity index (χ0) is 25.7. The normalized spacial score (nSPS) is 14.0. The van der Waals surface area contributed by atoms with Gasteiger partial charge in [0.25, 0.3) is 5.91 Å². The number of imidazole rings is 1. The van der Waals surface area contributed by atoms with E-state index in [2.05, 4.69) is 9.97 Å². The maximum absolute atomic E-state index is 15.1. The Balaban J connectivity index is 1.76. The van der Waals surface area contributed by atoms with Crippen molar-refractivity contribution >= 4 is 34.5 Å². The van der Waals surface area contributed by atoms with Crippen molar-refractivity contribution < 1.29 is 27.2 Å². The summed E-state index contributed by atoms with van der Waals surface area (Å²) in [5, 5.41) is 12.0. The van der Waals surface area contributed by atoms with Crippen molar-refractivity contribution in [1.29, 1.82) is 0 Å². The van der Waals surface area contributed by atoms with Gasteiger partial charge in [-0.25, -0.2) is 23.1 Å². The molecule has 1 amide bonds. The van der Waals surface area contributed by atoms with Crippen LogP contribution in [0, 0.1) is 24.3 Å². The maximum Gasteiger partial charge on any atom is 0.257 e. The SMILES string of the molecule is [2H]C([2H])([2H])c1nc(-c2ccc(NC(=O)[C@@H](O)c3cccc(F)c3)c(F)c2F)c2c(N)ncc(Cl)n12. The van der Waals surface area contributed by atoms with Crippen LogP contribution in [0.1, 0.15) is 21.6 Å². The third-order valence-corrected chi connectivity index (χ3v) is 4.92. The lowest BCUT2D eigenvalue weighted by molar-refractivity contribution is -0.124. The van der Waals surface area contributed by atoms with Crippen LogP contribution in [0.5, 0.6) is 0 Å². The van der Waals surface area contributed by atoms with Crippen LogP contribution < -0.4 is 11.1 Å². The van der Waals surface area contributed by atoms with E-state index in [1.54, 1.807) is 0 Å². The maximum atomic E-state index is 15.1. The number of nitrogens with one attached hydrogen (secondary N) is 1. The van der Waals surface area contributed by atoms with Crippen LogP contribution >= 0.6 is 11.6 Å². The molecule has 0 aliphatic carbocycles. The topological polar surface area (TPSA) is 106 Å². The Kier molecular flexibility index (Phi) is 4.57. The molecule has 2 aromatic carbocycles. The van der Waals surface area contributed by atoms with Crippen molar-refractivity contribution in [3.8, 4) is 11.3 Å². The first-order valence-electron chi connectivity index (χ1n) is 10.5. The van der Waals surface area contributed by atoms with Gasteiger partial charge in [-0.2, -0.15) is 0 Å². The average Bonchev–Trinajstić information content (AvgIpc) is 3.21. The fourth-order valence-electron chi connectivity index (χ4n) is 3.15. The van der Waals surface area contributed by atoms with Crippen molar-refractivity contribution in [3.05, 3.63) is 76.6 Å². The lowest BCUT2D eigenvalue weighted by Crippen LogP contribution is -2.21. The van der Waals surface area contributed by atoms with Gasteiger partial charge in [-0.3, -0.25) is 9.20 Å². The highest BCUT2D eigenvalue weighted by atomic mass is 35.5. The number of aryl methyl sites for hydroxylation is 1. The van der Waals surface area contributed by atoms with Crippen molar-refractivity contribution in [3.63, 3.8) is 0 Å². The molecule has 0 spiro atoms. The fourth-order valence-corrected chi connectivity index (χ4v) is 3.37. The molecule has 0 bridgehead atoms. The zero-order valence-corrected chi connectivity index (χ0v) is 16.7. The van der Waals surface area contributed by atoms with Crippen LogP contribution in [-0.4, -0.2) is 25.4 Å². The number of rotatable bonds is 4. The smallest absolute Gasteiger partial charge is 0.257 e. The van der Waals surface area contributed by atoms with Gasteiger partial charge < -0.3 is 16.2 Å². The second-order valence-electron chi connectivity index (χ2n) is 6.67. The first-order valence-corrected chi connectivity index (χ1v) is 9.33. The van der Waals surface area contributed by atoms with E-state index >= 15 is 4.39 Å². The minimum atomic E-state index is -2.78. The van der Waals surface area contributed by atoms with Gasteiger partial charge in [-0.05, 0) is 36.7 Å². The molecule has 0 aliphatic heterocycles. The van der Waals surface area contributed by atoms with Gasteiger partial charge in [0.2, 0.25) is 0 Å². The number of hydrogen-bond acceptors (Lipinski definition) is 5. The first kappa shape index (κ1) is 18.0. The Morgan fingerprint density at radius 3 is 2.78 bits per heavy atom. The average molecular weight is 465 g/mol. The lowest BCUT2D eigenvalue weighted by atomic mass is 10.1. The number of aromatic nitrogens is 3. The minimum Gasteiger partial charge on any atom is -0.382 e. The number of fused-ring (bicyclic) bond motifs is 1. The van der Waals surface area contributed by atoms with Crippen LogP contribution in [0.15, 0.2) is 42.6 Å². The molecule has 11 heteroatoms. The predicted octanol–water partition coefficient (Wildman–Crippen LogP) is 4.03. The second-order valence-corrected chi connectivity index (χ2v) is 7.06. The first-order chi connectivity index (χ1) is 16.4. The second kappa shape index (κ2) is 8.13.